The van der Waals surface area contributed by atoms with Crippen LogP contribution in [0.4, 0.5) is 4.39 Å². The third-order valence-electron chi connectivity index (χ3n) is 2.26. The Kier molecular flexibility index (Phi) is 4.69. The Hall–Kier alpha value is -0.450. The van der Waals surface area contributed by atoms with Gasteiger partial charge in [-0.25, -0.2) is 13.3 Å². The highest BCUT2D eigenvalue weighted by molar-refractivity contribution is 7.84. The topological polar surface area (TPSA) is 29.1 Å². The summed E-state index contributed by atoms with van der Waals surface area (Å²) in [6.07, 6.45) is 0. The second-order valence-electron chi connectivity index (χ2n) is 4.89. The zero-order chi connectivity index (χ0) is 13.2. The molecule has 0 saturated heterocycles. The lowest BCUT2D eigenvalue weighted by Crippen LogP contribution is -2.35. The molecule has 0 aliphatic rings. The Morgan fingerprint density at radius 1 is 1.41 bits per heavy atom. The molecule has 0 amide bonds. The molecule has 0 fully saturated rings. The molecule has 2 atom stereocenters. The maximum absolute atomic E-state index is 13.6. The van der Waals surface area contributed by atoms with Crippen LogP contribution in [0.1, 0.15) is 39.3 Å². The molecule has 0 heterocycles. The van der Waals surface area contributed by atoms with Crippen molar-refractivity contribution in [2.75, 3.05) is 0 Å². The predicted molar refractivity (Wildman–Crippen MR) is 70.9 cm³/mol. The Labute approximate surface area is 109 Å². The Morgan fingerprint density at radius 3 is 2.53 bits per heavy atom. The van der Waals surface area contributed by atoms with Crippen LogP contribution in [-0.4, -0.2) is 8.96 Å². The molecular formula is C12H17ClFNOS. The highest BCUT2D eigenvalue weighted by Gasteiger charge is 2.22. The minimum absolute atomic E-state index is 0.347. The van der Waals surface area contributed by atoms with Crippen molar-refractivity contribution in [3.63, 3.8) is 0 Å². The Balaban J connectivity index is 2.87. The molecule has 1 N–H and O–H groups in total. The molecule has 96 valence electrons. The van der Waals surface area contributed by atoms with Crippen molar-refractivity contribution in [3.8, 4) is 0 Å². The van der Waals surface area contributed by atoms with Gasteiger partial charge < -0.3 is 0 Å². The summed E-state index contributed by atoms with van der Waals surface area (Å²) in [4.78, 5) is 0. The lowest BCUT2D eigenvalue weighted by atomic mass is 10.1. The molecule has 1 aromatic carbocycles. The molecule has 17 heavy (non-hydrogen) atoms. The van der Waals surface area contributed by atoms with Crippen LogP contribution in [-0.2, 0) is 11.0 Å². The van der Waals surface area contributed by atoms with Gasteiger partial charge in [0.25, 0.3) is 0 Å². The largest absolute Gasteiger partial charge is 0.242 e. The van der Waals surface area contributed by atoms with Gasteiger partial charge in [-0.15, -0.1) is 0 Å². The maximum atomic E-state index is 13.6. The number of halogens is 2. The molecule has 1 rings (SSSR count). The van der Waals surface area contributed by atoms with E-state index in [1.807, 2.05) is 20.8 Å². The van der Waals surface area contributed by atoms with Crippen LogP contribution in [0.15, 0.2) is 18.2 Å². The quantitative estimate of drug-likeness (QED) is 0.899. The summed E-state index contributed by atoms with van der Waals surface area (Å²) in [6, 6.07) is 4.01. The molecule has 0 aliphatic carbocycles. The minimum atomic E-state index is -1.24. The number of hydrogen-bond donors (Lipinski definition) is 1. The van der Waals surface area contributed by atoms with Gasteiger partial charge >= 0.3 is 0 Å². The normalized spacial score (nSPS) is 15.6. The third kappa shape index (κ3) is 4.05. The van der Waals surface area contributed by atoms with E-state index < -0.39 is 11.0 Å². The summed E-state index contributed by atoms with van der Waals surface area (Å²) in [5, 5.41) is 0.469. The van der Waals surface area contributed by atoms with E-state index in [1.165, 1.54) is 12.1 Å². The number of nitrogens with one attached hydrogen (secondary N) is 1. The molecule has 0 aliphatic heterocycles. The second kappa shape index (κ2) is 5.46. The van der Waals surface area contributed by atoms with E-state index in [4.69, 9.17) is 11.6 Å². The van der Waals surface area contributed by atoms with E-state index in [0.717, 1.165) is 0 Å². The van der Waals surface area contributed by atoms with Crippen LogP contribution in [0.3, 0.4) is 0 Å². The van der Waals surface area contributed by atoms with Crippen LogP contribution in [0.2, 0.25) is 5.02 Å². The molecule has 0 spiro atoms. The molecule has 0 aromatic heterocycles. The molecule has 1 aromatic rings. The van der Waals surface area contributed by atoms with E-state index in [-0.39, 0.29) is 16.6 Å². The summed E-state index contributed by atoms with van der Waals surface area (Å²) < 4.78 is 28.0. The van der Waals surface area contributed by atoms with Gasteiger partial charge in [0, 0.05) is 16.6 Å². The van der Waals surface area contributed by atoms with Crippen molar-refractivity contribution in [1.29, 1.82) is 0 Å². The minimum Gasteiger partial charge on any atom is -0.242 e. The lowest BCUT2D eigenvalue weighted by Gasteiger charge is -2.22. The van der Waals surface area contributed by atoms with Crippen LogP contribution in [0.25, 0.3) is 0 Å². The molecule has 2 nitrogen and oxygen atoms in total. The van der Waals surface area contributed by atoms with E-state index in [9.17, 15) is 8.60 Å². The first-order chi connectivity index (χ1) is 7.71. The summed E-state index contributed by atoms with van der Waals surface area (Å²) in [5.41, 5.74) is 0.426. The van der Waals surface area contributed by atoms with Crippen molar-refractivity contribution in [3.05, 3.63) is 34.6 Å². The molecule has 0 saturated carbocycles. The van der Waals surface area contributed by atoms with Gasteiger partial charge in [-0.3, -0.25) is 0 Å². The first-order valence-corrected chi connectivity index (χ1v) is 6.87. The number of hydrogen-bond acceptors (Lipinski definition) is 1. The average molecular weight is 278 g/mol. The third-order valence-corrected chi connectivity index (χ3v) is 4.18. The van der Waals surface area contributed by atoms with Crippen LogP contribution < -0.4 is 4.72 Å². The summed E-state index contributed by atoms with van der Waals surface area (Å²) in [6.45, 7) is 7.34. The Morgan fingerprint density at radius 2 is 2.00 bits per heavy atom. The van der Waals surface area contributed by atoms with Gasteiger partial charge in [0.05, 0.1) is 15.7 Å². The number of rotatable bonds is 3. The molecule has 0 radical (unpaired) electrons. The van der Waals surface area contributed by atoms with Crippen molar-refractivity contribution in [2.24, 2.45) is 0 Å². The fourth-order valence-corrected chi connectivity index (χ4v) is 2.23. The zero-order valence-electron chi connectivity index (χ0n) is 10.4. The fourth-order valence-electron chi connectivity index (χ4n) is 1.25. The van der Waals surface area contributed by atoms with Crippen LogP contribution >= 0.6 is 11.6 Å². The maximum Gasteiger partial charge on any atom is 0.128 e. The first kappa shape index (κ1) is 14.6. The van der Waals surface area contributed by atoms with Gasteiger partial charge in [0.15, 0.2) is 0 Å². The molecule has 5 heteroatoms. The summed E-state index contributed by atoms with van der Waals surface area (Å²) in [7, 11) is -1.24. The van der Waals surface area contributed by atoms with E-state index >= 15 is 0 Å². The number of benzene rings is 1. The monoisotopic (exact) mass is 277 g/mol. The van der Waals surface area contributed by atoms with Gasteiger partial charge in [-0.05, 0) is 45.9 Å². The van der Waals surface area contributed by atoms with Crippen molar-refractivity contribution >= 4 is 22.6 Å². The first-order valence-electron chi connectivity index (χ1n) is 5.35. The highest BCUT2D eigenvalue weighted by atomic mass is 35.5. The van der Waals surface area contributed by atoms with Crippen LogP contribution in [0.5, 0.6) is 0 Å². The average Bonchev–Trinajstić information content (AvgIpc) is 2.20. The molecule has 0 bridgehead atoms. The van der Waals surface area contributed by atoms with E-state index in [1.54, 1.807) is 13.0 Å². The fraction of sp³-hybridized carbons (Fsp3) is 0.500. The van der Waals surface area contributed by atoms with E-state index in [2.05, 4.69) is 4.72 Å². The summed E-state index contributed by atoms with van der Waals surface area (Å²) >= 11 is 5.82. The summed E-state index contributed by atoms with van der Waals surface area (Å²) in [5.74, 6) is -0.347. The van der Waals surface area contributed by atoms with Gasteiger partial charge in [0.1, 0.15) is 5.82 Å². The van der Waals surface area contributed by atoms with Crippen molar-refractivity contribution in [2.45, 2.75) is 38.5 Å². The van der Waals surface area contributed by atoms with Crippen LogP contribution in [0, 0.1) is 5.82 Å². The molecular weight excluding hydrogens is 261 g/mol. The van der Waals surface area contributed by atoms with E-state index in [0.29, 0.717) is 10.6 Å². The lowest BCUT2D eigenvalue weighted by molar-refractivity contribution is 0.572. The van der Waals surface area contributed by atoms with Crippen molar-refractivity contribution in [1.82, 2.24) is 4.72 Å². The smallest absolute Gasteiger partial charge is 0.128 e. The predicted octanol–water partition coefficient (Wildman–Crippen LogP) is 3.59. The SMILES string of the molecule is C[C@@H](NS(=O)C(C)(C)C)c1cc(Cl)ccc1F. The Bertz CT molecular complexity index is 431. The standard InChI is InChI=1S/C12H17ClFNOS/c1-8(15-17(16)12(2,3)4)10-7-9(13)5-6-11(10)14/h5-8,15H,1-4H3/t8-,17?/m1/s1. The van der Waals surface area contributed by atoms with Crippen molar-refractivity contribution < 1.29 is 8.60 Å². The van der Waals surface area contributed by atoms with Gasteiger partial charge in [-0.2, -0.15) is 0 Å². The van der Waals surface area contributed by atoms with Gasteiger partial charge in [0.2, 0.25) is 0 Å². The highest BCUT2D eigenvalue weighted by Crippen LogP contribution is 2.22. The second-order valence-corrected chi connectivity index (χ2v) is 7.32. The molecule has 1 unspecified atom stereocenters. The zero-order valence-corrected chi connectivity index (χ0v) is 12.0. The van der Waals surface area contributed by atoms with Gasteiger partial charge in [-0.1, -0.05) is 11.6 Å².